The highest BCUT2D eigenvalue weighted by Gasteiger charge is 2.30. The quantitative estimate of drug-likeness (QED) is 0.855. The highest BCUT2D eigenvalue weighted by molar-refractivity contribution is 7.13. The highest BCUT2D eigenvalue weighted by Crippen LogP contribution is 2.34. The molecule has 116 valence electrons. The molecule has 3 aliphatic rings. The molecule has 4 rings (SSSR count). The van der Waals surface area contributed by atoms with Gasteiger partial charge in [-0.15, -0.1) is 11.3 Å². The molecule has 2 aliphatic heterocycles. The van der Waals surface area contributed by atoms with E-state index in [4.69, 9.17) is 9.72 Å². The van der Waals surface area contributed by atoms with Crippen LogP contribution in [0.2, 0.25) is 0 Å². The number of ether oxygens (including phenoxy) is 1. The molecule has 3 fully saturated rings. The Hall–Kier alpha value is -0.650. The lowest BCUT2D eigenvalue weighted by molar-refractivity contribution is -0.0221. The van der Waals surface area contributed by atoms with Gasteiger partial charge >= 0.3 is 0 Å². The van der Waals surface area contributed by atoms with Gasteiger partial charge in [-0.2, -0.15) is 0 Å². The van der Waals surface area contributed by atoms with E-state index < -0.39 is 0 Å². The van der Waals surface area contributed by atoms with Gasteiger partial charge in [0.05, 0.1) is 24.9 Å². The van der Waals surface area contributed by atoms with Crippen LogP contribution in [-0.4, -0.2) is 49.3 Å². The Morgan fingerprint density at radius 2 is 2.05 bits per heavy atom. The van der Waals surface area contributed by atoms with E-state index in [0.717, 1.165) is 25.7 Å². The molecule has 0 spiro atoms. The molecule has 0 bridgehead atoms. The smallest absolute Gasteiger partial charge is 0.185 e. The molecular formula is C16H25N3OS. The Morgan fingerprint density at radius 3 is 2.81 bits per heavy atom. The van der Waals surface area contributed by atoms with Crippen LogP contribution in [0.25, 0.3) is 0 Å². The maximum Gasteiger partial charge on any atom is 0.185 e. The van der Waals surface area contributed by atoms with Crippen LogP contribution in [0.4, 0.5) is 5.13 Å². The second kappa shape index (κ2) is 6.23. The molecule has 5 heteroatoms. The van der Waals surface area contributed by atoms with Gasteiger partial charge in [0.1, 0.15) is 0 Å². The third-order valence-corrected chi connectivity index (χ3v) is 6.10. The topological polar surface area (TPSA) is 28.6 Å². The summed E-state index contributed by atoms with van der Waals surface area (Å²) in [7, 11) is 0. The number of hydrogen-bond donors (Lipinski definition) is 0. The Morgan fingerprint density at radius 1 is 1.19 bits per heavy atom. The summed E-state index contributed by atoms with van der Waals surface area (Å²) in [5, 5.41) is 3.48. The molecule has 1 atom stereocenters. The van der Waals surface area contributed by atoms with Gasteiger partial charge in [0, 0.05) is 31.6 Å². The summed E-state index contributed by atoms with van der Waals surface area (Å²) in [6, 6.07) is 0.381. The van der Waals surface area contributed by atoms with Crippen LogP contribution in [0.15, 0.2) is 5.38 Å². The third kappa shape index (κ3) is 2.96. The maximum absolute atomic E-state index is 5.74. The molecule has 0 amide bonds. The molecule has 21 heavy (non-hydrogen) atoms. The largest absolute Gasteiger partial charge is 0.378 e. The Kier molecular flexibility index (Phi) is 4.14. The first-order valence-electron chi connectivity index (χ1n) is 8.42. The van der Waals surface area contributed by atoms with E-state index in [9.17, 15) is 0 Å². The van der Waals surface area contributed by atoms with E-state index in [2.05, 4.69) is 15.2 Å². The summed E-state index contributed by atoms with van der Waals surface area (Å²) in [6.07, 6.45) is 6.89. The van der Waals surface area contributed by atoms with Gasteiger partial charge in [0.15, 0.2) is 5.13 Å². The molecule has 3 heterocycles. The number of anilines is 1. The summed E-state index contributed by atoms with van der Waals surface area (Å²) in [5.74, 6) is 0.919. The first-order chi connectivity index (χ1) is 10.4. The predicted molar refractivity (Wildman–Crippen MR) is 86.0 cm³/mol. The minimum Gasteiger partial charge on any atom is -0.378 e. The normalized spacial score (nSPS) is 28.0. The number of morpholine rings is 1. The summed E-state index contributed by atoms with van der Waals surface area (Å²) < 4.78 is 5.74. The van der Waals surface area contributed by atoms with Crippen LogP contribution in [-0.2, 0) is 4.74 Å². The van der Waals surface area contributed by atoms with Crippen LogP contribution in [0.3, 0.4) is 0 Å². The van der Waals surface area contributed by atoms with Gasteiger partial charge < -0.3 is 9.64 Å². The molecular weight excluding hydrogens is 282 g/mol. The highest BCUT2D eigenvalue weighted by atomic mass is 32.1. The van der Waals surface area contributed by atoms with Crippen molar-refractivity contribution in [1.29, 1.82) is 0 Å². The number of hydrogen-bond acceptors (Lipinski definition) is 5. The van der Waals surface area contributed by atoms with Gasteiger partial charge in [0.25, 0.3) is 0 Å². The Balaban J connectivity index is 1.46. The molecule has 0 aromatic carbocycles. The van der Waals surface area contributed by atoms with Gasteiger partial charge in [-0.25, -0.2) is 4.98 Å². The average molecular weight is 307 g/mol. The van der Waals surface area contributed by atoms with Crippen molar-refractivity contribution in [3.63, 3.8) is 0 Å². The van der Waals surface area contributed by atoms with Crippen LogP contribution in [0.5, 0.6) is 0 Å². The number of rotatable bonds is 4. The molecule has 0 N–H and O–H groups in total. The lowest BCUT2D eigenvalue weighted by Crippen LogP contribution is -2.43. The molecule has 0 unspecified atom stereocenters. The van der Waals surface area contributed by atoms with Crippen molar-refractivity contribution in [3.8, 4) is 0 Å². The standard InChI is InChI=1S/C16H25N3OS/c1-2-7-18(6-1)16-17-14(12-21-16)15-11-20-9-8-19(15)10-13-4-3-5-13/h12-13,15H,1-11H2/t15-/m0/s1. The molecule has 4 nitrogen and oxygen atoms in total. The third-order valence-electron chi connectivity index (χ3n) is 5.18. The average Bonchev–Trinajstić information content (AvgIpc) is 3.13. The van der Waals surface area contributed by atoms with E-state index in [1.165, 1.54) is 62.6 Å². The first-order valence-corrected chi connectivity index (χ1v) is 9.30. The van der Waals surface area contributed by atoms with E-state index in [1.807, 2.05) is 11.3 Å². The fourth-order valence-corrected chi connectivity index (χ4v) is 4.54. The molecule has 2 saturated heterocycles. The summed E-state index contributed by atoms with van der Waals surface area (Å²) in [5.41, 5.74) is 1.24. The van der Waals surface area contributed by atoms with E-state index in [0.29, 0.717) is 6.04 Å². The Labute approximate surface area is 131 Å². The van der Waals surface area contributed by atoms with Gasteiger partial charge in [0.2, 0.25) is 0 Å². The fraction of sp³-hybridized carbons (Fsp3) is 0.812. The van der Waals surface area contributed by atoms with Crippen molar-refractivity contribution in [2.75, 3.05) is 44.3 Å². The minimum absolute atomic E-state index is 0.381. The number of thiazole rings is 1. The summed E-state index contributed by atoms with van der Waals surface area (Å²) in [6.45, 7) is 6.37. The first kappa shape index (κ1) is 14.0. The summed E-state index contributed by atoms with van der Waals surface area (Å²) in [4.78, 5) is 10.00. The van der Waals surface area contributed by atoms with Crippen molar-refractivity contribution in [2.24, 2.45) is 5.92 Å². The zero-order chi connectivity index (χ0) is 14.1. The number of aromatic nitrogens is 1. The fourth-order valence-electron chi connectivity index (χ4n) is 3.62. The molecule has 0 radical (unpaired) electrons. The summed E-state index contributed by atoms with van der Waals surface area (Å²) >= 11 is 1.81. The molecule has 1 aromatic heterocycles. The van der Waals surface area contributed by atoms with Crippen LogP contribution < -0.4 is 4.90 Å². The molecule has 1 aromatic rings. The zero-order valence-electron chi connectivity index (χ0n) is 12.7. The maximum atomic E-state index is 5.74. The molecule has 1 aliphatic carbocycles. The van der Waals surface area contributed by atoms with Gasteiger partial charge in [-0.1, -0.05) is 6.42 Å². The van der Waals surface area contributed by atoms with Crippen LogP contribution in [0.1, 0.15) is 43.8 Å². The van der Waals surface area contributed by atoms with Crippen LogP contribution in [0, 0.1) is 5.92 Å². The van der Waals surface area contributed by atoms with Gasteiger partial charge in [-0.3, -0.25) is 4.90 Å². The zero-order valence-corrected chi connectivity index (χ0v) is 13.5. The number of nitrogens with zero attached hydrogens (tertiary/aromatic N) is 3. The van der Waals surface area contributed by atoms with Gasteiger partial charge in [-0.05, 0) is 31.6 Å². The van der Waals surface area contributed by atoms with E-state index in [-0.39, 0.29) is 0 Å². The van der Waals surface area contributed by atoms with E-state index in [1.54, 1.807) is 0 Å². The second-order valence-electron chi connectivity index (χ2n) is 6.63. The van der Waals surface area contributed by atoms with Crippen molar-refractivity contribution < 1.29 is 4.74 Å². The second-order valence-corrected chi connectivity index (χ2v) is 7.47. The lowest BCUT2D eigenvalue weighted by Gasteiger charge is -2.39. The van der Waals surface area contributed by atoms with E-state index >= 15 is 0 Å². The SMILES string of the molecule is c1sc(N2CCCC2)nc1[C@@H]1COCCN1CC1CCC1. The lowest BCUT2D eigenvalue weighted by atomic mass is 9.84. The van der Waals surface area contributed by atoms with Crippen molar-refractivity contribution in [3.05, 3.63) is 11.1 Å². The van der Waals surface area contributed by atoms with Crippen LogP contribution >= 0.6 is 11.3 Å². The predicted octanol–water partition coefficient (Wildman–Crippen LogP) is 2.92. The molecule has 1 saturated carbocycles. The minimum atomic E-state index is 0.381. The van der Waals surface area contributed by atoms with Crippen molar-refractivity contribution >= 4 is 16.5 Å². The van der Waals surface area contributed by atoms with Crippen molar-refractivity contribution in [1.82, 2.24) is 9.88 Å². The van der Waals surface area contributed by atoms with Crippen molar-refractivity contribution in [2.45, 2.75) is 38.1 Å². The Bertz CT molecular complexity index is 468. The monoisotopic (exact) mass is 307 g/mol.